The molecule has 0 aromatic carbocycles. The van der Waals surface area contributed by atoms with Gasteiger partial charge in [0.25, 0.3) is 5.79 Å². The molecule has 17 N–H and O–H groups in total. The van der Waals surface area contributed by atoms with Crippen molar-refractivity contribution in [2.24, 2.45) is 0 Å². The van der Waals surface area contributed by atoms with Crippen LogP contribution in [0.4, 0.5) is 0 Å². The SMILES string of the molecule is CCCCCCCCCCCCC/C=C/[C@@H](O)[C@H](CO[C@@H]1OC(CO)[C@@H](O[C@@H]2OC(CO)[C@H](O[C@@H]3OC(CO)[C@H](O)[C@H](O)C3NC(C)=O)[C@H](O[C@]3(C(=O)O)CC(O)[C@@H](O)C([C@H](O)[C@H](O)CO)O3)C2O)[C@H](O)C1O)NC(=O)CCCCCCCCCCCCCCCCCCCCCCC. The third-order valence-corrected chi connectivity index (χ3v) is 19.6. The van der Waals surface area contributed by atoms with E-state index in [2.05, 4.69) is 24.5 Å². The number of ether oxygens (including phenoxy) is 8. The predicted molar refractivity (Wildman–Crippen MR) is 362 cm³/mol. The van der Waals surface area contributed by atoms with Gasteiger partial charge in [0, 0.05) is 19.8 Å². The molecule has 0 saturated carbocycles. The van der Waals surface area contributed by atoms with Crippen molar-refractivity contribution < 1.29 is 129 Å². The lowest BCUT2D eigenvalue weighted by Crippen LogP contribution is -2.71. The highest BCUT2D eigenvalue weighted by Gasteiger charge is 2.61. The highest BCUT2D eigenvalue weighted by Crippen LogP contribution is 2.40. The van der Waals surface area contributed by atoms with E-state index in [4.69, 9.17) is 37.9 Å². The molecule has 2 amide bonds. The molecule has 23 atom stereocenters. The first-order valence-corrected chi connectivity index (χ1v) is 37.6. The summed E-state index contributed by atoms with van der Waals surface area (Å²) < 4.78 is 47.5. The van der Waals surface area contributed by atoms with Crippen LogP contribution < -0.4 is 10.6 Å². The van der Waals surface area contributed by atoms with E-state index in [0.717, 1.165) is 58.3 Å². The van der Waals surface area contributed by atoms with Gasteiger partial charge in [-0.15, -0.1) is 0 Å². The summed E-state index contributed by atoms with van der Waals surface area (Å²) in [5, 5.41) is 170. The number of rotatable bonds is 54. The van der Waals surface area contributed by atoms with Crippen LogP contribution in [-0.4, -0.2) is 268 Å². The fraction of sp³-hybridized carbons (Fsp3) is 0.930. The molecule has 580 valence electrons. The quantitative estimate of drug-likeness (QED) is 0.0307. The molecule has 0 aromatic rings. The molecule has 28 heteroatoms. The van der Waals surface area contributed by atoms with Crippen LogP contribution in [0.5, 0.6) is 0 Å². The van der Waals surface area contributed by atoms with Crippen LogP contribution in [0.2, 0.25) is 0 Å². The Morgan fingerprint density at radius 3 is 1.45 bits per heavy atom. The zero-order chi connectivity index (χ0) is 72.7. The van der Waals surface area contributed by atoms with Gasteiger partial charge in [0.15, 0.2) is 18.9 Å². The summed E-state index contributed by atoms with van der Waals surface area (Å²) in [5.74, 6) is -6.53. The number of unbranched alkanes of at least 4 members (excludes halogenated alkanes) is 31. The summed E-state index contributed by atoms with van der Waals surface area (Å²) in [4.78, 5) is 39.4. The first-order chi connectivity index (χ1) is 47.6. The van der Waals surface area contributed by atoms with Crippen LogP contribution in [0.25, 0.3) is 0 Å². The minimum Gasteiger partial charge on any atom is -0.477 e. The van der Waals surface area contributed by atoms with Crippen LogP contribution in [0.3, 0.4) is 0 Å². The van der Waals surface area contributed by atoms with Gasteiger partial charge >= 0.3 is 5.97 Å². The molecular formula is C71H130N2O26. The normalized spacial score (nSPS) is 31.8. The summed E-state index contributed by atoms with van der Waals surface area (Å²) >= 11 is 0. The molecule has 0 spiro atoms. The first-order valence-electron chi connectivity index (χ1n) is 37.6. The van der Waals surface area contributed by atoms with Crippen molar-refractivity contribution in [3.8, 4) is 0 Å². The summed E-state index contributed by atoms with van der Waals surface area (Å²) in [5.41, 5.74) is 0. The number of carboxylic acids is 1. The van der Waals surface area contributed by atoms with Gasteiger partial charge in [0.05, 0.1) is 51.3 Å². The summed E-state index contributed by atoms with van der Waals surface area (Å²) in [6.07, 6.45) is 1.54. The van der Waals surface area contributed by atoms with Crippen LogP contribution in [0, 0.1) is 0 Å². The molecular weight excluding hydrogens is 1300 g/mol. The van der Waals surface area contributed by atoms with Gasteiger partial charge in [-0.1, -0.05) is 219 Å². The lowest BCUT2D eigenvalue weighted by molar-refractivity contribution is -0.403. The van der Waals surface area contributed by atoms with Crippen LogP contribution >= 0.6 is 0 Å². The smallest absolute Gasteiger partial charge is 0.364 e. The maximum Gasteiger partial charge on any atom is 0.364 e. The summed E-state index contributed by atoms with van der Waals surface area (Å²) in [6.45, 7) is 0.782. The lowest BCUT2D eigenvalue weighted by atomic mass is 9.90. The number of carbonyl (C=O) groups is 3. The van der Waals surface area contributed by atoms with Crippen molar-refractivity contribution in [2.45, 2.75) is 386 Å². The van der Waals surface area contributed by atoms with E-state index in [1.165, 1.54) is 148 Å². The molecule has 0 bridgehead atoms. The van der Waals surface area contributed by atoms with E-state index >= 15 is 0 Å². The molecule has 0 aromatic heterocycles. The average molecular weight is 1430 g/mol. The van der Waals surface area contributed by atoms with Gasteiger partial charge in [0.2, 0.25) is 11.8 Å². The van der Waals surface area contributed by atoms with Crippen molar-refractivity contribution in [1.29, 1.82) is 0 Å². The number of nitrogens with one attached hydrogen (secondary N) is 2. The van der Waals surface area contributed by atoms with E-state index in [1.54, 1.807) is 6.08 Å². The average Bonchev–Trinajstić information content (AvgIpc) is 0.754. The molecule has 4 saturated heterocycles. The topological polar surface area (TPSA) is 453 Å². The Bertz CT molecular complexity index is 2160. The van der Waals surface area contributed by atoms with Gasteiger partial charge in [-0.2, -0.15) is 0 Å². The molecule has 4 aliphatic rings. The monoisotopic (exact) mass is 1430 g/mol. The maximum absolute atomic E-state index is 13.6. The van der Waals surface area contributed by atoms with Gasteiger partial charge in [-0.25, -0.2) is 4.79 Å². The van der Waals surface area contributed by atoms with Gasteiger partial charge in [-0.3, -0.25) is 9.59 Å². The van der Waals surface area contributed by atoms with Crippen molar-refractivity contribution in [3.05, 3.63) is 12.2 Å². The Morgan fingerprint density at radius 2 is 0.980 bits per heavy atom. The van der Waals surface area contributed by atoms with Crippen molar-refractivity contribution in [3.63, 3.8) is 0 Å². The Kier molecular flexibility index (Phi) is 44.7. The maximum atomic E-state index is 13.6. The number of carboxylic acid groups (broad SMARTS) is 1. The van der Waals surface area contributed by atoms with Gasteiger partial charge < -0.3 is 125 Å². The van der Waals surface area contributed by atoms with Crippen LogP contribution in [0.15, 0.2) is 12.2 Å². The number of allylic oxidation sites excluding steroid dienone is 1. The van der Waals surface area contributed by atoms with E-state index in [0.29, 0.717) is 12.8 Å². The molecule has 0 radical (unpaired) electrons. The minimum absolute atomic E-state index is 0.166. The standard InChI is InChI=1S/C71H130N2O26/c1-4-6-8-10-12-14-16-18-19-20-21-22-23-24-25-27-29-31-33-35-37-39-54(82)73-47(48(79)38-36-34-32-30-28-26-17-15-13-11-9-7-5-2)45-92-68-61(88)60(87)63(52(43-76)94-68)96-69-62(89)66(99-71(70(90)91)40-49(80)56(83)65(98-71)57(84)50(81)41-74)64(53(44-77)95-69)97-67-55(72-46(3)78)59(86)58(85)51(42-75)93-67/h36,38,47-53,55-69,74-77,79-81,83-89H,4-35,37,39-45H2,1-3H3,(H,72,78)(H,73,82)(H,90,91)/b38-36+/t47-,48+,49?,50+,51?,52?,53?,55?,56+,57+,58-,59+,60+,61?,62?,63+,64-,65?,66+,67-,68+,69-,71-/m0/s1. The third kappa shape index (κ3) is 30.3. The first kappa shape index (κ1) is 88.7. The number of hydrogen-bond donors (Lipinski definition) is 17. The zero-order valence-electron chi connectivity index (χ0n) is 59.3. The van der Waals surface area contributed by atoms with Gasteiger partial charge in [0.1, 0.15) is 97.6 Å². The van der Waals surface area contributed by atoms with E-state index < -0.39 is 192 Å². The largest absolute Gasteiger partial charge is 0.477 e. The van der Waals surface area contributed by atoms with E-state index in [9.17, 15) is 91.0 Å². The molecule has 8 unspecified atom stereocenters. The number of aliphatic hydroxyl groups is 14. The highest BCUT2D eigenvalue weighted by molar-refractivity contribution is 5.76. The lowest BCUT2D eigenvalue weighted by Gasteiger charge is -2.52. The van der Waals surface area contributed by atoms with Crippen LogP contribution in [0.1, 0.15) is 245 Å². The fourth-order valence-corrected chi connectivity index (χ4v) is 13.5. The Morgan fingerprint density at radius 1 is 0.525 bits per heavy atom. The second-order valence-electron chi connectivity index (χ2n) is 27.9. The Hall–Kier alpha value is -2.73. The fourth-order valence-electron chi connectivity index (χ4n) is 13.5. The molecule has 0 aliphatic carbocycles. The Balaban J connectivity index is 1.44. The summed E-state index contributed by atoms with van der Waals surface area (Å²) in [6, 6.07) is -2.80. The number of hydrogen-bond acceptors (Lipinski definition) is 25. The molecule has 4 rings (SSSR count). The number of carbonyl (C=O) groups excluding carboxylic acids is 2. The van der Waals surface area contributed by atoms with Crippen molar-refractivity contribution in [1.82, 2.24) is 10.6 Å². The van der Waals surface area contributed by atoms with Crippen molar-refractivity contribution >= 4 is 17.8 Å². The highest BCUT2D eigenvalue weighted by atomic mass is 16.8. The predicted octanol–water partition coefficient (Wildman–Crippen LogP) is 3.33. The Labute approximate surface area is 586 Å². The van der Waals surface area contributed by atoms with E-state index in [1.807, 2.05) is 6.08 Å². The van der Waals surface area contributed by atoms with Gasteiger partial charge in [-0.05, 0) is 19.3 Å². The zero-order valence-corrected chi connectivity index (χ0v) is 59.3. The molecule has 4 fully saturated rings. The van der Waals surface area contributed by atoms with E-state index in [-0.39, 0.29) is 12.3 Å². The second-order valence-corrected chi connectivity index (χ2v) is 27.9. The molecule has 99 heavy (non-hydrogen) atoms. The molecule has 4 aliphatic heterocycles. The number of aliphatic hydroxyl groups excluding tert-OH is 14. The number of amides is 2. The second kappa shape index (κ2) is 49.9. The minimum atomic E-state index is -3.28. The molecule has 4 heterocycles. The van der Waals surface area contributed by atoms with Crippen molar-refractivity contribution in [2.75, 3.05) is 33.0 Å². The molecule has 28 nitrogen and oxygen atoms in total. The third-order valence-electron chi connectivity index (χ3n) is 19.6. The number of aliphatic carboxylic acids is 1. The summed E-state index contributed by atoms with van der Waals surface area (Å²) in [7, 11) is 0. The van der Waals surface area contributed by atoms with Crippen LogP contribution in [-0.2, 0) is 52.3 Å².